The molecule has 0 saturated carbocycles. The van der Waals surface area contributed by atoms with Gasteiger partial charge in [0.25, 0.3) is 0 Å². The normalized spacial score (nSPS) is 14.2. The topological polar surface area (TPSA) is 88.9 Å². The molecular weight excluding hydrogens is 386 g/mol. The summed E-state index contributed by atoms with van der Waals surface area (Å²) >= 11 is 0. The van der Waals surface area contributed by atoms with Gasteiger partial charge in [0.1, 0.15) is 29.3 Å². The predicted molar refractivity (Wildman–Crippen MR) is 123 cm³/mol. The van der Waals surface area contributed by atoms with Crippen molar-refractivity contribution in [1.29, 1.82) is 0 Å². The standard InChI is InChI=1S/C25H23N5O/c26-24-23-22(18-7-9-20(10-8-18)31-19-4-2-1-3-5-19)21(30-25(23)29-16-28-24)11-6-17-12-14-27-15-13-17/h1-5,7-10,16-17,27H,12-15H2,(H3,26,28,29,30). The Morgan fingerprint density at radius 2 is 1.68 bits per heavy atom. The van der Waals surface area contributed by atoms with E-state index in [-0.39, 0.29) is 0 Å². The monoisotopic (exact) mass is 409 g/mol. The van der Waals surface area contributed by atoms with Gasteiger partial charge < -0.3 is 20.8 Å². The minimum atomic E-state index is 0.394. The van der Waals surface area contributed by atoms with Gasteiger partial charge in [-0.1, -0.05) is 36.3 Å². The molecule has 6 heteroatoms. The number of rotatable bonds is 3. The molecule has 0 unspecified atom stereocenters. The van der Waals surface area contributed by atoms with E-state index in [1.807, 2.05) is 54.6 Å². The molecule has 0 spiro atoms. The number of nitrogens with two attached hydrogens (primary N) is 1. The lowest BCUT2D eigenvalue weighted by molar-refractivity contribution is 0.447. The van der Waals surface area contributed by atoms with Crippen molar-refractivity contribution in [3.05, 3.63) is 66.6 Å². The second kappa shape index (κ2) is 8.50. The number of para-hydroxylation sites is 1. The Morgan fingerprint density at radius 1 is 0.935 bits per heavy atom. The summed E-state index contributed by atoms with van der Waals surface area (Å²) in [6.45, 7) is 2.03. The van der Waals surface area contributed by atoms with Gasteiger partial charge in [0.05, 0.1) is 11.1 Å². The van der Waals surface area contributed by atoms with Crippen molar-refractivity contribution >= 4 is 16.9 Å². The lowest BCUT2D eigenvalue weighted by Crippen LogP contribution is -2.26. The van der Waals surface area contributed by atoms with Crippen LogP contribution in [0.25, 0.3) is 22.2 Å². The van der Waals surface area contributed by atoms with Crippen LogP contribution >= 0.6 is 0 Å². The molecule has 4 N–H and O–H groups in total. The molecule has 154 valence electrons. The first kappa shape index (κ1) is 19.2. The van der Waals surface area contributed by atoms with Gasteiger partial charge in [-0.2, -0.15) is 0 Å². The van der Waals surface area contributed by atoms with E-state index in [4.69, 9.17) is 10.5 Å². The number of aromatic nitrogens is 3. The first-order valence-electron chi connectivity index (χ1n) is 10.5. The van der Waals surface area contributed by atoms with Crippen LogP contribution in [0.5, 0.6) is 11.5 Å². The third-order valence-electron chi connectivity index (χ3n) is 5.48. The van der Waals surface area contributed by atoms with Crippen molar-refractivity contribution in [3.8, 4) is 34.5 Å². The number of benzene rings is 2. The van der Waals surface area contributed by atoms with Crippen molar-refractivity contribution in [2.75, 3.05) is 18.8 Å². The number of nitrogens with zero attached hydrogens (tertiary/aromatic N) is 2. The van der Waals surface area contributed by atoms with Crippen LogP contribution in [0.4, 0.5) is 5.82 Å². The van der Waals surface area contributed by atoms with E-state index < -0.39 is 0 Å². The smallest absolute Gasteiger partial charge is 0.144 e. The molecular formula is C25H23N5O. The van der Waals surface area contributed by atoms with E-state index in [0.717, 1.165) is 59.6 Å². The third kappa shape index (κ3) is 4.09. The maximum Gasteiger partial charge on any atom is 0.144 e. The van der Waals surface area contributed by atoms with Gasteiger partial charge in [-0.3, -0.25) is 0 Å². The summed E-state index contributed by atoms with van der Waals surface area (Å²) < 4.78 is 5.93. The van der Waals surface area contributed by atoms with Crippen LogP contribution in [-0.4, -0.2) is 28.0 Å². The third-order valence-corrected chi connectivity index (χ3v) is 5.48. The summed E-state index contributed by atoms with van der Waals surface area (Å²) in [5.74, 6) is 9.20. The molecule has 1 aliphatic heterocycles. The van der Waals surface area contributed by atoms with E-state index in [0.29, 0.717) is 17.4 Å². The zero-order valence-electron chi connectivity index (χ0n) is 17.1. The van der Waals surface area contributed by atoms with E-state index in [2.05, 4.69) is 32.1 Å². The van der Waals surface area contributed by atoms with Gasteiger partial charge in [-0.15, -0.1) is 0 Å². The number of ether oxygens (including phenoxy) is 1. The second-order valence-electron chi connectivity index (χ2n) is 7.59. The van der Waals surface area contributed by atoms with E-state index in [9.17, 15) is 0 Å². The van der Waals surface area contributed by atoms with Crippen molar-refractivity contribution in [3.63, 3.8) is 0 Å². The molecule has 0 atom stereocenters. The minimum Gasteiger partial charge on any atom is -0.457 e. The molecule has 2 aromatic heterocycles. The second-order valence-corrected chi connectivity index (χ2v) is 7.59. The fourth-order valence-corrected chi connectivity index (χ4v) is 3.88. The highest BCUT2D eigenvalue weighted by Gasteiger charge is 2.17. The van der Waals surface area contributed by atoms with Crippen molar-refractivity contribution < 1.29 is 4.74 Å². The Kier molecular flexibility index (Phi) is 5.26. The molecule has 0 amide bonds. The van der Waals surface area contributed by atoms with E-state index in [1.165, 1.54) is 6.33 Å². The summed E-state index contributed by atoms with van der Waals surface area (Å²) in [5, 5.41) is 4.18. The average molecular weight is 409 g/mol. The summed E-state index contributed by atoms with van der Waals surface area (Å²) in [5.41, 5.74) is 9.66. The van der Waals surface area contributed by atoms with Crippen LogP contribution in [-0.2, 0) is 0 Å². The molecule has 0 radical (unpaired) electrons. The largest absolute Gasteiger partial charge is 0.457 e. The number of anilines is 1. The van der Waals surface area contributed by atoms with Gasteiger partial charge in [0.2, 0.25) is 0 Å². The fraction of sp³-hybridized carbons (Fsp3) is 0.200. The Bertz CT molecular complexity index is 1250. The van der Waals surface area contributed by atoms with Crippen LogP contribution < -0.4 is 15.8 Å². The molecule has 2 aromatic carbocycles. The number of H-pyrrole nitrogens is 1. The van der Waals surface area contributed by atoms with Crippen LogP contribution in [0.2, 0.25) is 0 Å². The van der Waals surface area contributed by atoms with Crippen LogP contribution in [0.3, 0.4) is 0 Å². The van der Waals surface area contributed by atoms with Gasteiger partial charge >= 0.3 is 0 Å². The molecule has 3 heterocycles. The SMILES string of the molecule is Nc1ncnc2[nH]c(C#CC3CCNCC3)c(-c3ccc(Oc4ccccc4)cc3)c12. The molecule has 1 saturated heterocycles. The number of nitrogens with one attached hydrogen (secondary N) is 2. The lowest BCUT2D eigenvalue weighted by atomic mass is 9.98. The zero-order chi connectivity index (χ0) is 21.0. The highest BCUT2D eigenvalue weighted by Crippen LogP contribution is 2.35. The van der Waals surface area contributed by atoms with Gasteiger partial charge in [0, 0.05) is 11.5 Å². The average Bonchev–Trinajstić information content (AvgIpc) is 3.19. The summed E-state index contributed by atoms with van der Waals surface area (Å²) in [6, 6.07) is 17.7. The number of nitrogen functional groups attached to an aromatic ring is 1. The molecule has 6 nitrogen and oxygen atoms in total. The molecule has 1 fully saturated rings. The number of hydrogen-bond donors (Lipinski definition) is 3. The Morgan fingerprint density at radius 3 is 2.45 bits per heavy atom. The van der Waals surface area contributed by atoms with Gasteiger partial charge in [-0.05, 0) is 61.7 Å². The first-order valence-corrected chi connectivity index (χ1v) is 10.5. The molecule has 31 heavy (non-hydrogen) atoms. The number of hydrogen-bond acceptors (Lipinski definition) is 5. The number of piperidine rings is 1. The Balaban J connectivity index is 1.52. The Labute approximate surface area is 180 Å². The summed E-state index contributed by atoms with van der Waals surface area (Å²) in [4.78, 5) is 11.9. The van der Waals surface area contributed by atoms with Gasteiger partial charge in [-0.25, -0.2) is 9.97 Å². The first-order chi connectivity index (χ1) is 15.3. The highest BCUT2D eigenvalue weighted by molar-refractivity contribution is 6.03. The van der Waals surface area contributed by atoms with Crippen molar-refractivity contribution in [1.82, 2.24) is 20.3 Å². The molecule has 1 aliphatic rings. The van der Waals surface area contributed by atoms with E-state index in [1.54, 1.807) is 0 Å². The number of fused-ring (bicyclic) bond motifs is 1. The fourth-order valence-electron chi connectivity index (χ4n) is 3.88. The number of aromatic amines is 1. The predicted octanol–water partition coefficient (Wildman–Crippen LogP) is 4.35. The van der Waals surface area contributed by atoms with E-state index >= 15 is 0 Å². The molecule has 0 aliphatic carbocycles. The lowest BCUT2D eigenvalue weighted by Gasteiger charge is -2.17. The maximum atomic E-state index is 6.23. The van der Waals surface area contributed by atoms with Crippen LogP contribution in [0, 0.1) is 17.8 Å². The van der Waals surface area contributed by atoms with Crippen molar-refractivity contribution in [2.45, 2.75) is 12.8 Å². The molecule has 4 aromatic rings. The maximum absolute atomic E-state index is 6.23. The van der Waals surface area contributed by atoms with Crippen LogP contribution in [0.1, 0.15) is 18.5 Å². The minimum absolute atomic E-state index is 0.394. The summed E-state index contributed by atoms with van der Waals surface area (Å²) in [7, 11) is 0. The van der Waals surface area contributed by atoms with Crippen molar-refractivity contribution in [2.24, 2.45) is 5.92 Å². The Hall–Kier alpha value is -3.82. The van der Waals surface area contributed by atoms with Gasteiger partial charge in [0.15, 0.2) is 0 Å². The highest BCUT2D eigenvalue weighted by atomic mass is 16.5. The quantitative estimate of drug-likeness (QED) is 0.438. The summed E-state index contributed by atoms with van der Waals surface area (Å²) in [6.07, 6.45) is 3.60. The molecule has 5 rings (SSSR count). The zero-order valence-corrected chi connectivity index (χ0v) is 17.1. The van der Waals surface area contributed by atoms with Crippen LogP contribution in [0.15, 0.2) is 60.9 Å². The molecule has 0 bridgehead atoms.